The monoisotopic (exact) mass is 287 g/mol. The Morgan fingerprint density at radius 1 is 1.20 bits per heavy atom. The van der Waals surface area contributed by atoms with Crippen molar-refractivity contribution in [2.24, 2.45) is 5.92 Å². The standard InChI is InChI=1S/C13H12F3NO3/c14-13(15,16)12(20)17-7-6-9(11(18)19)10(17)8-4-2-1-3-5-8/h1-5,9-10H,6-7H2,(H,18,19)/t9-,10-/m1/s1. The molecule has 0 radical (unpaired) electrons. The van der Waals surface area contributed by atoms with Gasteiger partial charge in [0.25, 0.3) is 0 Å². The van der Waals surface area contributed by atoms with Crippen LogP contribution < -0.4 is 0 Å². The third kappa shape index (κ3) is 2.61. The molecule has 1 heterocycles. The van der Waals surface area contributed by atoms with E-state index in [0.29, 0.717) is 10.5 Å². The highest BCUT2D eigenvalue weighted by Gasteiger charge is 2.50. The van der Waals surface area contributed by atoms with Gasteiger partial charge in [-0.15, -0.1) is 0 Å². The second-order valence-electron chi connectivity index (χ2n) is 4.59. The summed E-state index contributed by atoms with van der Waals surface area (Å²) < 4.78 is 37.7. The van der Waals surface area contributed by atoms with Crippen LogP contribution in [0.25, 0.3) is 0 Å². The van der Waals surface area contributed by atoms with E-state index in [0.717, 1.165) is 0 Å². The third-order valence-corrected chi connectivity index (χ3v) is 3.36. The van der Waals surface area contributed by atoms with Crippen molar-refractivity contribution in [2.45, 2.75) is 18.6 Å². The highest BCUT2D eigenvalue weighted by atomic mass is 19.4. The predicted octanol–water partition coefficient (Wildman–Crippen LogP) is 2.22. The SMILES string of the molecule is O=C(O)[C@@H]1CCN(C(=O)C(F)(F)F)[C@@H]1c1ccccc1. The summed E-state index contributed by atoms with van der Waals surface area (Å²) >= 11 is 0. The van der Waals surface area contributed by atoms with Crippen LogP contribution in [0.4, 0.5) is 13.2 Å². The number of rotatable bonds is 2. The van der Waals surface area contributed by atoms with Crippen LogP contribution in [0, 0.1) is 5.92 Å². The molecule has 1 aliphatic heterocycles. The second-order valence-corrected chi connectivity index (χ2v) is 4.59. The molecule has 2 rings (SSSR count). The Kier molecular flexibility index (Phi) is 3.69. The summed E-state index contributed by atoms with van der Waals surface area (Å²) in [7, 11) is 0. The van der Waals surface area contributed by atoms with Crippen LogP contribution in [0.2, 0.25) is 0 Å². The van der Waals surface area contributed by atoms with E-state index in [4.69, 9.17) is 5.11 Å². The molecule has 1 amide bonds. The minimum absolute atomic E-state index is 0.0106. The molecule has 7 heteroatoms. The van der Waals surface area contributed by atoms with E-state index in [1.165, 1.54) is 12.1 Å². The van der Waals surface area contributed by atoms with Gasteiger partial charge in [-0.2, -0.15) is 13.2 Å². The molecule has 108 valence electrons. The summed E-state index contributed by atoms with van der Waals surface area (Å²) in [5.74, 6) is -4.21. The number of hydrogen-bond acceptors (Lipinski definition) is 2. The largest absolute Gasteiger partial charge is 0.481 e. The minimum atomic E-state index is -5.00. The predicted molar refractivity (Wildman–Crippen MR) is 62.7 cm³/mol. The van der Waals surface area contributed by atoms with Gasteiger partial charge in [0, 0.05) is 6.54 Å². The van der Waals surface area contributed by atoms with Gasteiger partial charge in [-0.25, -0.2) is 0 Å². The average molecular weight is 287 g/mol. The number of alkyl halides is 3. The Bertz CT molecular complexity index is 515. The molecule has 1 fully saturated rings. The summed E-state index contributed by atoms with van der Waals surface area (Å²) in [6.45, 7) is -0.213. The van der Waals surface area contributed by atoms with Crippen molar-refractivity contribution in [3.63, 3.8) is 0 Å². The highest BCUT2D eigenvalue weighted by Crippen LogP contribution is 2.39. The van der Waals surface area contributed by atoms with Crippen LogP contribution in [-0.4, -0.2) is 34.6 Å². The lowest BCUT2D eigenvalue weighted by molar-refractivity contribution is -0.187. The van der Waals surface area contributed by atoms with Crippen molar-refractivity contribution in [1.82, 2.24) is 4.90 Å². The fourth-order valence-corrected chi connectivity index (χ4v) is 2.50. The quantitative estimate of drug-likeness (QED) is 0.907. The van der Waals surface area contributed by atoms with Crippen LogP contribution in [-0.2, 0) is 9.59 Å². The van der Waals surface area contributed by atoms with Gasteiger partial charge in [0.1, 0.15) is 0 Å². The van der Waals surface area contributed by atoms with E-state index in [1.54, 1.807) is 18.2 Å². The zero-order chi connectivity index (χ0) is 14.9. The third-order valence-electron chi connectivity index (χ3n) is 3.36. The molecule has 1 N–H and O–H groups in total. The molecule has 1 aliphatic rings. The van der Waals surface area contributed by atoms with E-state index in [1.807, 2.05) is 0 Å². The summed E-state index contributed by atoms with van der Waals surface area (Å²) in [6, 6.07) is 6.85. The molecule has 4 nitrogen and oxygen atoms in total. The molecule has 0 spiro atoms. The molecular formula is C13H12F3NO3. The number of halogens is 3. The van der Waals surface area contributed by atoms with Crippen LogP contribution in [0.3, 0.4) is 0 Å². The number of carboxylic acid groups (broad SMARTS) is 1. The molecule has 0 aliphatic carbocycles. The van der Waals surface area contributed by atoms with Crippen LogP contribution >= 0.6 is 0 Å². The van der Waals surface area contributed by atoms with Crippen molar-refractivity contribution in [3.8, 4) is 0 Å². The fourth-order valence-electron chi connectivity index (χ4n) is 2.50. The first-order valence-electron chi connectivity index (χ1n) is 5.98. The zero-order valence-electron chi connectivity index (χ0n) is 10.3. The first kappa shape index (κ1) is 14.4. The number of amides is 1. The van der Waals surface area contributed by atoms with Crippen molar-refractivity contribution in [2.75, 3.05) is 6.54 Å². The topological polar surface area (TPSA) is 57.6 Å². The molecule has 1 saturated heterocycles. The molecule has 0 saturated carbocycles. The van der Waals surface area contributed by atoms with Crippen molar-refractivity contribution in [1.29, 1.82) is 0 Å². The van der Waals surface area contributed by atoms with Gasteiger partial charge in [0.15, 0.2) is 0 Å². The van der Waals surface area contributed by atoms with Crippen LogP contribution in [0.1, 0.15) is 18.0 Å². The van der Waals surface area contributed by atoms with E-state index >= 15 is 0 Å². The number of likely N-dealkylation sites (tertiary alicyclic amines) is 1. The number of aliphatic carboxylic acids is 1. The first-order valence-corrected chi connectivity index (χ1v) is 5.98. The fraction of sp³-hybridized carbons (Fsp3) is 0.385. The Morgan fingerprint density at radius 3 is 2.30 bits per heavy atom. The molecule has 1 aromatic carbocycles. The Labute approximate surface area is 112 Å². The summed E-state index contributed by atoms with van der Waals surface area (Å²) in [5, 5.41) is 9.13. The lowest BCUT2D eigenvalue weighted by Gasteiger charge is -2.27. The smallest absolute Gasteiger partial charge is 0.471 e. The number of nitrogens with zero attached hydrogens (tertiary/aromatic N) is 1. The number of hydrogen-bond donors (Lipinski definition) is 1. The van der Waals surface area contributed by atoms with Crippen LogP contribution in [0.15, 0.2) is 30.3 Å². The maximum Gasteiger partial charge on any atom is 0.471 e. The van der Waals surface area contributed by atoms with Gasteiger partial charge >= 0.3 is 18.1 Å². The lowest BCUT2D eigenvalue weighted by Crippen LogP contribution is -2.42. The van der Waals surface area contributed by atoms with Gasteiger partial charge in [0.2, 0.25) is 0 Å². The Balaban J connectivity index is 2.38. The summed E-state index contributed by atoms with van der Waals surface area (Å²) in [5.41, 5.74) is 0.398. The van der Waals surface area contributed by atoms with Crippen LogP contribution in [0.5, 0.6) is 0 Å². The maximum atomic E-state index is 12.6. The van der Waals surface area contributed by atoms with E-state index < -0.39 is 30.0 Å². The lowest BCUT2D eigenvalue weighted by atomic mass is 9.94. The molecule has 0 unspecified atom stereocenters. The Morgan fingerprint density at radius 2 is 1.80 bits per heavy atom. The molecule has 0 bridgehead atoms. The van der Waals surface area contributed by atoms with Crippen molar-refractivity contribution < 1.29 is 27.9 Å². The zero-order valence-corrected chi connectivity index (χ0v) is 10.3. The summed E-state index contributed by atoms with van der Waals surface area (Å²) in [4.78, 5) is 23.2. The highest BCUT2D eigenvalue weighted by molar-refractivity contribution is 5.84. The van der Waals surface area contributed by atoms with Gasteiger partial charge < -0.3 is 10.0 Å². The summed E-state index contributed by atoms with van der Waals surface area (Å²) in [6.07, 6.45) is -4.99. The van der Waals surface area contributed by atoms with E-state index in [9.17, 15) is 22.8 Å². The molecule has 20 heavy (non-hydrogen) atoms. The number of benzene rings is 1. The van der Waals surface area contributed by atoms with E-state index in [-0.39, 0.29) is 13.0 Å². The maximum absolute atomic E-state index is 12.6. The molecule has 0 aromatic heterocycles. The number of carboxylic acids is 1. The van der Waals surface area contributed by atoms with Crippen molar-refractivity contribution in [3.05, 3.63) is 35.9 Å². The Hall–Kier alpha value is -2.05. The normalized spacial score (nSPS) is 22.9. The first-order chi connectivity index (χ1) is 9.32. The van der Waals surface area contributed by atoms with Gasteiger partial charge in [-0.3, -0.25) is 9.59 Å². The van der Waals surface area contributed by atoms with E-state index in [2.05, 4.69) is 0 Å². The van der Waals surface area contributed by atoms with Gasteiger partial charge in [0.05, 0.1) is 12.0 Å². The molecule has 2 atom stereocenters. The van der Waals surface area contributed by atoms with Gasteiger partial charge in [-0.05, 0) is 12.0 Å². The number of carbonyl (C=O) groups is 2. The second kappa shape index (κ2) is 5.15. The van der Waals surface area contributed by atoms with Crippen molar-refractivity contribution >= 4 is 11.9 Å². The average Bonchev–Trinajstić information content (AvgIpc) is 2.82. The molecule has 1 aromatic rings. The van der Waals surface area contributed by atoms with Gasteiger partial charge in [-0.1, -0.05) is 30.3 Å². The minimum Gasteiger partial charge on any atom is -0.481 e. The number of carbonyl (C=O) groups excluding carboxylic acids is 1. The molecular weight excluding hydrogens is 275 g/mol.